The van der Waals surface area contributed by atoms with Crippen LogP contribution in [0.4, 0.5) is 4.39 Å². The normalized spacial score (nSPS) is 10.2. The average Bonchev–Trinajstić information content (AvgIpc) is 2.82. The van der Waals surface area contributed by atoms with Gasteiger partial charge in [0.15, 0.2) is 0 Å². The molecule has 17 heavy (non-hydrogen) atoms. The summed E-state index contributed by atoms with van der Waals surface area (Å²) in [7, 11) is 0. The Morgan fingerprint density at radius 3 is 3.06 bits per heavy atom. The van der Waals surface area contributed by atoms with Crippen molar-refractivity contribution in [1.82, 2.24) is 25.3 Å². The van der Waals surface area contributed by atoms with E-state index in [1.165, 1.54) is 18.3 Å². The number of pyridine rings is 1. The summed E-state index contributed by atoms with van der Waals surface area (Å²) in [6.07, 6.45) is 4.51. The van der Waals surface area contributed by atoms with Gasteiger partial charge in [-0.1, -0.05) is 5.21 Å². The molecular formula is C10H10FN5O. The van der Waals surface area contributed by atoms with Crippen LogP contribution in [-0.4, -0.2) is 32.4 Å². The number of carbonyl (C=O) groups is 1. The minimum Gasteiger partial charge on any atom is -0.350 e. The Morgan fingerprint density at radius 1 is 1.47 bits per heavy atom. The lowest BCUT2D eigenvalue weighted by Crippen LogP contribution is -2.28. The van der Waals surface area contributed by atoms with E-state index >= 15 is 0 Å². The minimum atomic E-state index is -0.772. The predicted octanol–water partition coefficient (Wildman–Crippen LogP) is 0.242. The van der Waals surface area contributed by atoms with E-state index in [9.17, 15) is 9.18 Å². The first-order valence-electron chi connectivity index (χ1n) is 5.00. The lowest BCUT2D eigenvalue weighted by atomic mass is 10.2. The van der Waals surface area contributed by atoms with Gasteiger partial charge in [0.2, 0.25) is 5.95 Å². The van der Waals surface area contributed by atoms with Gasteiger partial charge in [0.05, 0.1) is 18.3 Å². The summed E-state index contributed by atoms with van der Waals surface area (Å²) in [5.74, 6) is -1.26. The van der Waals surface area contributed by atoms with Crippen LogP contribution in [0.25, 0.3) is 0 Å². The molecule has 1 amide bonds. The molecule has 88 valence electrons. The lowest BCUT2D eigenvalue weighted by Gasteiger charge is -2.05. The maximum absolute atomic E-state index is 13.1. The third kappa shape index (κ3) is 2.83. The van der Waals surface area contributed by atoms with Crippen LogP contribution in [0.1, 0.15) is 10.4 Å². The first-order chi connectivity index (χ1) is 8.27. The maximum Gasteiger partial charge on any atom is 0.255 e. The Labute approximate surface area is 96.5 Å². The Hall–Kier alpha value is -2.31. The summed E-state index contributed by atoms with van der Waals surface area (Å²) in [6.45, 7) is 0.824. The largest absolute Gasteiger partial charge is 0.350 e. The van der Waals surface area contributed by atoms with Gasteiger partial charge in [-0.05, 0) is 12.1 Å². The van der Waals surface area contributed by atoms with Gasteiger partial charge in [0.25, 0.3) is 5.91 Å². The molecule has 0 saturated carbocycles. The van der Waals surface area contributed by atoms with E-state index in [0.717, 1.165) is 0 Å². The second-order valence-electron chi connectivity index (χ2n) is 3.26. The number of rotatable bonds is 4. The summed E-state index contributed by atoms with van der Waals surface area (Å²) < 4.78 is 14.7. The molecule has 2 aromatic heterocycles. The molecule has 0 unspecified atom stereocenters. The van der Waals surface area contributed by atoms with Crippen molar-refractivity contribution in [3.63, 3.8) is 0 Å². The zero-order valence-corrected chi connectivity index (χ0v) is 8.88. The van der Waals surface area contributed by atoms with Crippen LogP contribution < -0.4 is 5.32 Å². The van der Waals surface area contributed by atoms with E-state index in [1.54, 1.807) is 17.1 Å². The highest BCUT2D eigenvalue weighted by molar-refractivity contribution is 5.94. The highest BCUT2D eigenvalue weighted by Gasteiger charge is 2.10. The van der Waals surface area contributed by atoms with E-state index in [1.807, 2.05) is 0 Å². The molecule has 7 heteroatoms. The topological polar surface area (TPSA) is 72.7 Å². The Bertz CT molecular complexity index is 499. The Morgan fingerprint density at radius 2 is 2.35 bits per heavy atom. The minimum absolute atomic E-state index is 0.0638. The second-order valence-corrected chi connectivity index (χ2v) is 3.26. The number of hydrogen-bond acceptors (Lipinski definition) is 4. The number of carbonyl (C=O) groups excluding carboxylic acids is 1. The number of nitrogens with zero attached hydrogens (tertiary/aromatic N) is 4. The molecule has 0 radical (unpaired) electrons. The standard InChI is InChI=1S/C10H10FN5O/c11-9-8(2-1-3-12-9)10(17)13-4-6-16-7-5-14-15-16/h1-3,5,7H,4,6H2,(H,13,17). The van der Waals surface area contributed by atoms with Crippen molar-refractivity contribution in [3.05, 3.63) is 42.2 Å². The van der Waals surface area contributed by atoms with E-state index in [2.05, 4.69) is 20.6 Å². The summed E-state index contributed by atoms with van der Waals surface area (Å²) in [5, 5.41) is 9.93. The van der Waals surface area contributed by atoms with Crippen LogP contribution in [0.3, 0.4) is 0 Å². The summed E-state index contributed by atoms with van der Waals surface area (Å²) in [5.41, 5.74) is -0.0638. The van der Waals surface area contributed by atoms with Crippen LogP contribution in [0.15, 0.2) is 30.7 Å². The molecular weight excluding hydrogens is 225 g/mol. The van der Waals surface area contributed by atoms with Crippen molar-refractivity contribution < 1.29 is 9.18 Å². The van der Waals surface area contributed by atoms with Gasteiger partial charge >= 0.3 is 0 Å². The summed E-state index contributed by atoms with van der Waals surface area (Å²) in [4.78, 5) is 15.0. The van der Waals surface area contributed by atoms with Gasteiger partial charge in [-0.25, -0.2) is 4.98 Å². The van der Waals surface area contributed by atoms with Gasteiger partial charge in [-0.3, -0.25) is 9.48 Å². The van der Waals surface area contributed by atoms with Crippen molar-refractivity contribution in [3.8, 4) is 0 Å². The van der Waals surface area contributed by atoms with Crippen molar-refractivity contribution in [2.45, 2.75) is 6.54 Å². The second kappa shape index (κ2) is 5.15. The highest BCUT2D eigenvalue weighted by Crippen LogP contribution is 2.02. The first kappa shape index (κ1) is 11.2. The Kier molecular flexibility index (Phi) is 3.39. The fraction of sp³-hybridized carbons (Fsp3) is 0.200. The molecule has 2 aromatic rings. The highest BCUT2D eigenvalue weighted by atomic mass is 19.1. The smallest absolute Gasteiger partial charge is 0.255 e. The molecule has 2 rings (SSSR count). The number of halogens is 1. The van der Waals surface area contributed by atoms with Crippen LogP contribution in [0.2, 0.25) is 0 Å². The van der Waals surface area contributed by atoms with Crippen molar-refractivity contribution in [2.24, 2.45) is 0 Å². The van der Waals surface area contributed by atoms with Crippen LogP contribution in [-0.2, 0) is 6.54 Å². The molecule has 0 atom stereocenters. The molecule has 6 nitrogen and oxygen atoms in total. The van der Waals surface area contributed by atoms with Gasteiger partial charge in [-0.2, -0.15) is 4.39 Å². The molecule has 0 aliphatic heterocycles. The van der Waals surface area contributed by atoms with Crippen LogP contribution >= 0.6 is 0 Å². The van der Waals surface area contributed by atoms with Gasteiger partial charge in [0.1, 0.15) is 0 Å². The molecule has 0 bridgehead atoms. The van der Waals surface area contributed by atoms with E-state index in [4.69, 9.17) is 0 Å². The van der Waals surface area contributed by atoms with E-state index in [-0.39, 0.29) is 5.56 Å². The maximum atomic E-state index is 13.1. The zero-order chi connectivity index (χ0) is 12.1. The van der Waals surface area contributed by atoms with Crippen molar-refractivity contribution in [1.29, 1.82) is 0 Å². The van der Waals surface area contributed by atoms with E-state index in [0.29, 0.717) is 13.1 Å². The molecule has 1 N–H and O–H groups in total. The van der Waals surface area contributed by atoms with E-state index < -0.39 is 11.9 Å². The summed E-state index contributed by atoms with van der Waals surface area (Å²) >= 11 is 0. The molecule has 0 aliphatic rings. The fourth-order valence-electron chi connectivity index (χ4n) is 1.29. The van der Waals surface area contributed by atoms with Gasteiger partial charge in [0, 0.05) is 18.9 Å². The molecule has 0 aliphatic carbocycles. The molecule has 0 fully saturated rings. The van der Waals surface area contributed by atoms with Crippen molar-refractivity contribution >= 4 is 5.91 Å². The van der Waals surface area contributed by atoms with Crippen LogP contribution in [0.5, 0.6) is 0 Å². The first-order valence-corrected chi connectivity index (χ1v) is 5.00. The fourth-order valence-corrected chi connectivity index (χ4v) is 1.29. The molecule has 0 saturated heterocycles. The third-order valence-corrected chi connectivity index (χ3v) is 2.10. The van der Waals surface area contributed by atoms with Gasteiger partial charge in [-0.15, -0.1) is 5.10 Å². The number of hydrogen-bond donors (Lipinski definition) is 1. The van der Waals surface area contributed by atoms with Crippen LogP contribution in [0, 0.1) is 5.95 Å². The zero-order valence-electron chi connectivity index (χ0n) is 8.88. The monoisotopic (exact) mass is 235 g/mol. The Balaban J connectivity index is 1.88. The molecule has 0 spiro atoms. The molecule has 0 aromatic carbocycles. The average molecular weight is 235 g/mol. The number of amides is 1. The quantitative estimate of drug-likeness (QED) is 0.770. The third-order valence-electron chi connectivity index (χ3n) is 2.10. The van der Waals surface area contributed by atoms with Crippen molar-refractivity contribution in [2.75, 3.05) is 6.54 Å². The number of aromatic nitrogens is 4. The SMILES string of the molecule is O=C(NCCn1ccnn1)c1cccnc1F. The predicted molar refractivity (Wildman–Crippen MR) is 56.6 cm³/mol. The lowest BCUT2D eigenvalue weighted by molar-refractivity contribution is 0.0947. The molecule has 2 heterocycles. The number of nitrogens with one attached hydrogen (secondary N) is 1. The summed E-state index contributed by atoms with van der Waals surface area (Å²) in [6, 6.07) is 2.89. The van der Waals surface area contributed by atoms with Gasteiger partial charge < -0.3 is 5.32 Å².